The molecule has 1 N–H and O–H groups in total. The molecular weight excluding hydrogens is 401 g/mol. The molecule has 0 saturated heterocycles. The second kappa shape index (κ2) is 7.92. The molecule has 0 bridgehead atoms. The fourth-order valence-electron chi connectivity index (χ4n) is 1.99. The van der Waals surface area contributed by atoms with Crippen LogP contribution in [0.3, 0.4) is 0 Å². The van der Waals surface area contributed by atoms with E-state index in [4.69, 9.17) is 4.74 Å². The lowest BCUT2D eigenvalue weighted by Gasteiger charge is -2.11. The molecule has 2 aromatic carbocycles. The van der Waals surface area contributed by atoms with Gasteiger partial charge in [-0.3, -0.25) is 0 Å². The van der Waals surface area contributed by atoms with Gasteiger partial charge in [0.1, 0.15) is 11.6 Å². The van der Waals surface area contributed by atoms with Gasteiger partial charge in [0.25, 0.3) is 0 Å². The van der Waals surface area contributed by atoms with Crippen molar-refractivity contribution < 1.29 is 9.13 Å². The predicted octanol–water partition coefficient (Wildman–Crippen LogP) is 5.04. The second-order valence-electron chi connectivity index (χ2n) is 4.56. The Bertz CT molecular complexity index is 596. The molecular formula is C16H16Br2FNO. The maximum absolute atomic E-state index is 13.1. The van der Waals surface area contributed by atoms with E-state index in [1.165, 1.54) is 12.1 Å². The van der Waals surface area contributed by atoms with Crippen LogP contribution in [0.5, 0.6) is 5.75 Å². The van der Waals surface area contributed by atoms with Gasteiger partial charge in [0.2, 0.25) is 0 Å². The molecule has 0 aromatic heterocycles. The van der Waals surface area contributed by atoms with Crippen LogP contribution in [0.15, 0.2) is 45.3 Å². The number of hydrogen-bond donors (Lipinski definition) is 1. The van der Waals surface area contributed by atoms with Crippen LogP contribution in [0.2, 0.25) is 0 Å². The largest absolute Gasteiger partial charge is 0.492 e. The summed E-state index contributed by atoms with van der Waals surface area (Å²) in [5, 5.41) is 3.30. The molecule has 0 spiro atoms. The monoisotopic (exact) mass is 415 g/mol. The Morgan fingerprint density at radius 3 is 2.33 bits per heavy atom. The van der Waals surface area contributed by atoms with E-state index in [0.717, 1.165) is 25.8 Å². The normalized spacial score (nSPS) is 10.7. The van der Waals surface area contributed by atoms with Crippen molar-refractivity contribution in [3.63, 3.8) is 0 Å². The zero-order valence-electron chi connectivity index (χ0n) is 11.6. The first-order valence-electron chi connectivity index (χ1n) is 6.66. The van der Waals surface area contributed by atoms with Crippen molar-refractivity contribution in [2.75, 3.05) is 6.61 Å². The molecule has 0 aliphatic heterocycles. The Morgan fingerprint density at radius 2 is 1.71 bits per heavy atom. The van der Waals surface area contributed by atoms with Gasteiger partial charge in [-0.25, -0.2) is 4.39 Å². The van der Waals surface area contributed by atoms with Crippen LogP contribution in [0, 0.1) is 5.82 Å². The first kappa shape index (κ1) is 16.5. The highest BCUT2D eigenvalue weighted by Crippen LogP contribution is 2.34. The molecule has 21 heavy (non-hydrogen) atoms. The first-order valence-corrected chi connectivity index (χ1v) is 8.24. The Morgan fingerprint density at radius 1 is 1.05 bits per heavy atom. The van der Waals surface area contributed by atoms with Crippen LogP contribution in [0.1, 0.15) is 18.1 Å². The van der Waals surface area contributed by atoms with Crippen LogP contribution < -0.4 is 10.1 Å². The first-order chi connectivity index (χ1) is 10.1. The van der Waals surface area contributed by atoms with Crippen molar-refractivity contribution in [3.05, 3.63) is 62.3 Å². The van der Waals surface area contributed by atoms with E-state index in [-0.39, 0.29) is 5.82 Å². The lowest BCUT2D eigenvalue weighted by Crippen LogP contribution is -2.13. The molecule has 0 aliphatic carbocycles. The summed E-state index contributed by atoms with van der Waals surface area (Å²) >= 11 is 7.03. The van der Waals surface area contributed by atoms with Crippen molar-refractivity contribution in [3.8, 4) is 5.75 Å². The van der Waals surface area contributed by atoms with Gasteiger partial charge in [0.15, 0.2) is 0 Å². The van der Waals surface area contributed by atoms with Gasteiger partial charge < -0.3 is 10.1 Å². The molecule has 0 aliphatic rings. The van der Waals surface area contributed by atoms with Crippen molar-refractivity contribution in [2.45, 2.75) is 20.0 Å². The van der Waals surface area contributed by atoms with E-state index in [2.05, 4.69) is 37.2 Å². The maximum Gasteiger partial charge on any atom is 0.147 e. The van der Waals surface area contributed by atoms with Crippen LogP contribution in [-0.2, 0) is 13.1 Å². The van der Waals surface area contributed by atoms with Gasteiger partial charge in [-0.1, -0.05) is 12.1 Å². The number of halogens is 3. The molecule has 2 aromatic rings. The summed E-state index contributed by atoms with van der Waals surface area (Å²) in [6.07, 6.45) is 0. The average Bonchev–Trinajstić information content (AvgIpc) is 2.43. The highest BCUT2D eigenvalue weighted by atomic mass is 79.9. The Kier molecular flexibility index (Phi) is 6.21. The summed E-state index contributed by atoms with van der Waals surface area (Å²) in [5.74, 6) is 0.604. The molecule has 0 saturated carbocycles. The standard InChI is InChI=1S/C16H16Br2FNO/c1-2-21-16-14(17)7-12(8-15(16)18)10-20-9-11-4-3-5-13(19)6-11/h3-8,20H,2,9-10H2,1H3. The van der Waals surface area contributed by atoms with Gasteiger partial charge in [0, 0.05) is 13.1 Å². The number of nitrogens with one attached hydrogen (secondary N) is 1. The number of hydrogen-bond acceptors (Lipinski definition) is 2. The molecule has 2 nitrogen and oxygen atoms in total. The Labute approximate surface area is 141 Å². The molecule has 0 atom stereocenters. The summed E-state index contributed by atoms with van der Waals surface area (Å²) in [7, 11) is 0. The summed E-state index contributed by atoms with van der Waals surface area (Å²) in [4.78, 5) is 0. The second-order valence-corrected chi connectivity index (χ2v) is 6.26. The van der Waals surface area contributed by atoms with Gasteiger partial charge >= 0.3 is 0 Å². The molecule has 112 valence electrons. The lowest BCUT2D eigenvalue weighted by molar-refractivity contribution is 0.336. The highest BCUT2D eigenvalue weighted by molar-refractivity contribution is 9.11. The fourth-order valence-corrected chi connectivity index (χ4v) is 3.50. The van der Waals surface area contributed by atoms with Crippen molar-refractivity contribution in [2.24, 2.45) is 0 Å². The van der Waals surface area contributed by atoms with Crippen LogP contribution in [0.4, 0.5) is 4.39 Å². The quantitative estimate of drug-likeness (QED) is 0.712. The Hall–Kier alpha value is -0.910. The molecule has 0 heterocycles. The molecule has 0 radical (unpaired) electrons. The third kappa shape index (κ3) is 4.80. The molecule has 0 fully saturated rings. The minimum Gasteiger partial charge on any atom is -0.492 e. The van der Waals surface area contributed by atoms with Gasteiger partial charge in [-0.15, -0.1) is 0 Å². The van der Waals surface area contributed by atoms with Crippen LogP contribution >= 0.6 is 31.9 Å². The topological polar surface area (TPSA) is 21.3 Å². The summed E-state index contributed by atoms with van der Waals surface area (Å²) in [6, 6.07) is 10.7. The van der Waals surface area contributed by atoms with Gasteiger partial charge in [-0.2, -0.15) is 0 Å². The third-order valence-corrected chi connectivity index (χ3v) is 4.07. The minimum absolute atomic E-state index is 0.208. The lowest BCUT2D eigenvalue weighted by atomic mass is 10.2. The predicted molar refractivity (Wildman–Crippen MR) is 90.0 cm³/mol. The van der Waals surface area contributed by atoms with Crippen molar-refractivity contribution >= 4 is 31.9 Å². The van der Waals surface area contributed by atoms with E-state index < -0.39 is 0 Å². The minimum atomic E-state index is -0.208. The number of ether oxygens (including phenoxy) is 1. The van der Waals surface area contributed by atoms with Crippen molar-refractivity contribution in [1.82, 2.24) is 5.32 Å². The molecule has 5 heteroatoms. The van der Waals surface area contributed by atoms with Crippen LogP contribution in [0.25, 0.3) is 0 Å². The molecule has 0 unspecified atom stereocenters. The number of rotatable bonds is 6. The molecule has 2 rings (SSSR count). The van der Waals surface area contributed by atoms with Crippen LogP contribution in [-0.4, -0.2) is 6.61 Å². The Balaban J connectivity index is 1.97. The third-order valence-electron chi connectivity index (χ3n) is 2.89. The van der Waals surface area contributed by atoms with E-state index in [9.17, 15) is 4.39 Å². The summed E-state index contributed by atoms with van der Waals surface area (Å²) in [6.45, 7) is 3.89. The highest BCUT2D eigenvalue weighted by Gasteiger charge is 2.08. The summed E-state index contributed by atoms with van der Waals surface area (Å²) in [5.41, 5.74) is 2.05. The average molecular weight is 417 g/mol. The van der Waals surface area contributed by atoms with Gasteiger partial charge in [-0.05, 0) is 74.2 Å². The fraction of sp³-hybridized carbons (Fsp3) is 0.250. The van der Waals surface area contributed by atoms with Crippen molar-refractivity contribution in [1.29, 1.82) is 0 Å². The maximum atomic E-state index is 13.1. The van der Waals surface area contributed by atoms with E-state index >= 15 is 0 Å². The van der Waals surface area contributed by atoms with E-state index in [1.54, 1.807) is 6.07 Å². The molecule has 0 amide bonds. The van der Waals surface area contributed by atoms with E-state index in [1.807, 2.05) is 25.1 Å². The van der Waals surface area contributed by atoms with Gasteiger partial charge in [0.05, 0.1) is 15.6 Å². The zero-order valence-corrected chi connectivity index (χ0v) is 14.8. The zero-order chi connectivity index (χ0) is 15.2. The van der Waals surface area contributed by atoms with E-state index in [0.29, 0.717) is 19.7 Å². The number of benzene rings is 2. The summed E-state index contributed by atoms with van der Waals surface area (Å²) < 4.78 is 20.5. The SMILES string of the molecule is CCOc1c(Br)cc(CNCc2cccc(F)c2)cc1Br. The smallest absolute Gasteiger partial charge is 0.147 e.